The van der Waals surface area contributed by atoms with Crippen LogP contribution in [0.3, 0.4) is 0 Å². The van der Waals surface area contributed by atoms with Crippen molar-refractivity contribution in [1.82, 2.24) is 9.62 Å². The van der Waals surface area contributed by atoms with E-state index in [9.17, 15) is 8.42 Å². The first-order valence-electron chi connectivity index (χ1n) is 5.77. The van der Waals surface area contributed by atoms with Crippen LogP contribution >= 0.6 is 23.1 Å². The second-order valence-electron chi connectivity index (χ2n) is 3.82. The summed E-state index contributed by atoms with van der Waals surface area (Å²) in [5, 5.41) is 3.19. The summed E-state index contributed by atoms with van der Waals surface area (Å²) < 4.78 is 26.3. The molecule has 0 radical (unpaired) electrons. The van der Waals surface area contributed by atoms with Crippen molar-refractivity contribution in [2.24, 2.45) is 0 Å². The minimum atomic E-state index is -3.30. The van der Waals surface area contributed by atoms with Crippen LogP contribution in [0.2, 0.25) is 0 Å². The highest BCUT2D eigenvalue weighted by atomic mass is 32.2. The fourth-order valence-electron chi connectivity index (χ4n) is 1.33. The van der Waals surface area contributed by atoms with Crippen molar-refractivity contribution in [1.29, 1.82) is 0 Å². The topological polar surface area (TPSA) is 49.4 Å². The van der Waals surface area contributed by atoms with Crippen LogP contribution in [0.1, 0.15) is 11.8 Å². The van der Waals surface area contributed by atoms with E-state index in [1.54, 1.807) is 24.9 Å². The highest BCUT2D eigenvalue weighted by Crippen LogP contribution is 2.24. The zero-order valence-corrected chi connectivity index (χ0v) is 13.4. The zero-order valence-electron chi connectivity index (χ0n) is 11.0. The molecule has 0 aliphatic rings. The van der Waals surface area contributed by atoms with Gasteiger partial charge in [-0.15, -0.1) is 11.3 Å². The first kappa shape index (κ1) is 16.0. The third-order valence-corrected chi connectivity index (χ3v) is 6.46. The molecule has 0 aliphatic heterocycles. The Morgan fingerprint density at radius 3 is 2.78 bits per heavy atom. The van der Waals surface area contributed by atoms with Gasteiger partial charge in [-0.1, -0.05) is 6.92 Å². The fraction of sp³-hybridized carbons (Fsp3) is 0.636. The monoisotopic (exact) mass is 308 g/mol. The van der Waals surface area contributed by atoms with Crippen LogP contribution in [0.5, 0.6) is 0 Å². The SMILES string of the molecule is CCNCc1ccc(S(=O)(=O)N(C)CCSC)s1. The Bertz CT molecular complexity index is 457. The molecule has 0 aromatic carbocycles. The Morgan fingerprint density at radius 2 is 2.17 bits per heavy atom. The number of hydrogen-bond acceptors (Lipinski definition) is 5. The summed E-state index contributed by atoms with van der Waals surface area (Å²) in [7, 11) is -1.67. The van der Waals surface area contributed by atoms with E-state index >= 15 is 0 Å². The Hall–Kier alpha value is -0.0800. The highest BCUT2D eigenvalue weighted by Gasteiger charge is 2.22. The van der Waals surface area contributed by atoms with Crippen molar-refractivity contribution in [2.45, 2.75) is 17.7 Å². The van der Waals surface area contributed by atoms with Crippen LogP contribution in [0.15, 0.2) is 16.3 Å². The quantitative estimate of drug-likeness (QED) is 0.796. The molecular weight excluding hydrogens is 288 g/mol. The number of thioether (sulfide) groups is 1. The van der Waals surface area contributed by atoms with Gasteiger partial charge in [-0.25, -0.2) is 8.42 Å². The summed E-state index contributed by atoms with van der Waals surface area (Å²) in [6.07, 6.45) is 1.97. The van der Waals surface area contributed by atoms with E-state index in [-0.39, 0.29) is 0 Å². The van der Waals surface area contributed by atoms with Crippen molar-refractivity contribution < 1.29 is 8.42 Å². The molecule has 0 saturated carbocycles. The number of rotatable bonds is 8. The van der Waals surface area contributed by atoms with E-state index in [0.717, 1.165) is 23.7 Å². The van der Waals surface area contributed by atoms with Gasteiger partial charge in [0, 0.05) is 30.8 Å². The molecule has 1 heterocycles. The lowest BCUT2D eigenvalue weighted by molar-refractivity contribution is 0.490. The maximum Gasteiger partial charge on any atom is 0.252 e. The van der Waals surface area contributed by atoms with Crippen molar-refractivity contribution in [3.05, 3.63) is 17.0 Å². The molecule has 7 heteroatoms. The standard InChI is InChI=1S/C11H20N2O2S3/c1-4-12-9-10-5-6-11(17-10)18(14,15)13(2)7-8-16-3/h5-6,12H,4,7-9H2,1-3H3. The van der Waals surface area contributed by atoms with Crippen LogP contribution in [-0.4, -0.2) is 44.9 Å². The average Bonchev–Trinajstić information content (AvgIpc) is 2.82. The molecule has 4 nitrogen and oxygen atoms in total. The molecule has 18 heavy (non-hydrogen) atoms. The van der Waals surface area contributed by atoms with Crippen LogP contribution < -0.4 is 5.32 Å². The highest BCUT2D eigenvalue weighted by molar-refractivity contribution is 7.98. The van der Waals surface area contributed by atoms with Crippen LogP contribution in [0, 0.1) is 0 Å². The van der Waals surface area contributed by atoms with Crippen LogP contribution in [-0.2, 0) is 16.6 Å². The molecular formula is C11H20N2O2S3. The zero-order chi connectivity index (χ0) is 13.6. The predicted octanol–water partition coefficient (Wildman–Crippen LogP) is 1.84. The number of sulfonamides is 1. The molecule has 0 atom stereocenters. The summed E-state index contributed by atoms with van der Waals surface area (Å²) >= 11 is 2.99. The lowest BCUT2D eigenvalue weighted by Crippen LogP contribution is -2.28. The maximum absolute atomic E-state index is 12.2. The smallest absolute Gasteiger partial charge is 0.252 e. The number of hydrogen-bond donors (Lipinski definition) is 1. The van der Waals surface area contributed by atoms with Gasteiger partial charge in [-0.05, 0) is 24.9 Å². The second-order valence-corrected chi connectivity index (χ2v) is 8.25. The van der Waals surface area contributed by atoms with Gasteiger partial charge in [0.15, 0.2) is 0 Å². The summed E-state index contributed by atoms with van der Waals surface area (Å²) in [6, 6.07) is 3.57. The van der Waals surface area contributed by atoms with E-state index in [2.05, 4.69) is 5.32 Å². The molecule has 1 rings (SSSR count). The molecule has 0 bridgehead atoms. The van der Waals surface area contributed by atoms with Gasteiger partial charge in [0.1, 0.15) is 4.21 Å². The molecule has 104 valence electrons. The van der Waals surface area contributed by atoms with Gasteiger partial charge in [-0.2, -0.15) is 16.1 Å². The Balaban J connectivity index is 2.75. The molecule has 0 spiro atoms. The molecule has 1 aromatic rings. The fourth-order valence-corrected chi connectivity index (χ4v) is 4.61. The van der Waals surface area contributed by atoms with Gasteiger partial charge in [0.05, 0.1) is 0 Å². The predicted molar refractivity (Wildman–Crippen MR) is 79.9 cm³/mol. The van der Waals surface area contributed by atoms with Crippen molar-refractivity contribution in [3.8, 4) is 0 Å². The number of nitrogens with zero attached hydrogens (tertiary/aromatic N) is 1. The summed E-state index contributed by atoms with van der Waals surface area (Å²) in [5.74, 6) is 0.811. The summed E-state index contributed by atoms with van der Waals surface area (Å²) in [6.45, 7) is 4.18. The Kier molecular flexibility index (Phi) is 6.65. The van der Waals surface area contributed by atoms with E-state index in [4.69, 9.17) is 0 Å². The maximum atomic E-state index is 12.2. The average molecular weight is 308 g/mol. The van der Waals surface area contributed by atoms with Gasteiger partial charge in [-0.3, -0.25) is 0 Å². The normalized spacial score (nSPS) is 12.2. The lowest BCUT2D eigenvalue weighted by Gasteiger charge is -2.14. The largest absolute Gasteiger partial charge is 0.312 e. The minimum Gasteiger partial charge on any atom is -0.312 e. The molecule has 0 saturated heterocycles. The summed E-state index contributed by atoms with van der Waals surface area (Å²) in [5.41, 5.74) is 0. The van der Waals surface area contributed by atoms with Crippen molar-refractivity contribution >= 4 is 33.1 Å². The minimum absolute atomic E-state index is 0.430. The van der Waals surface area contributed by atoms with Crippen molar-refractivity contribution in [3.63, 3.8) is 0 Å². The van der Waals surface area contributed by atoms with Crippen molar-refractivity contribution in [2.75, 3.05) is 32.1 Å². The van der Waals surface area contributed by atoms with E-state index in [1.807, 2.05) is 19.2 Å². The van der Waals surface area contributed by atoms with E-state index < -0.39 is 10.0 Å². The molecule has 0 unspecified atom stereocenters. The Labute approximate surface area is 118 Å². The van der Waals surface area contributed by atoms with E-state index in [1.165, 1.54) is 15.6 Å². The lowest BCUT2D eigenvalue weighted by atomic mass is 10.4. The number of thiophene rings is 1. The molecule has 1 N–H and O–H groups in total. The van der Waals surface area contributed by atoms with Crippen LogP contribution in [0.25, 0.3) is 0 Å². The third kappa shape index (κ3) is 4.24. The molecule has 0 aliphatic carbocycles. The first-order valence-corrected chi connectivity index (χ1v) is 9.42. The van der Waals surface area contributed by atoms with E-state index in [0.29, 0.717) is 10.8 Å². The summed E-state index contributed by atoms with van der Waals surface area (Å²) in [4.78, 5) is 1.05. The third-order valence-electron chi connectivity index (χ3n) is 2.46. The second kappa shape index (κ2) is 7.49. The molecule has 0 amide bonds. The number of nitrogens with one attached hydrogen (secondary N) is 1. The molecule has 1 aromatic heterocycles. The molecule has 0 fully saturated rings. The van der Waals surface area contributed by atoms with Gasteiger partial charge < -0.3 is 5.32 Å². The van der Waals surface area contributed by atoms with Gasteiger partial charge in [0.2, 0.25) is 0 Å². The van der Waals surface area contributed by atoms with Gasteiger partial charge >= 0.3 is 0 Å². The first-order chi connectivity index (χ1) is 8.52. The van der Waals surface area contributed by atoms with Crippen LogP contribution in [0.4, 0.5) is 0 Å². The Morgan fingerprint density at radius 1 is 1.44 bits per heavy atom. The van der Waals surface area contributed by atoms with Gasteiger partial charge in [0.25, 0.3) is 10.0 Å².